The smallest absolute Gasteiger partial charge is 0.284 e. The third kappa shape index (κ3) is 5.40. The number of sulfonamides is 1. The fourth-order valence-electron chi connectivity index (χ4n) is 4.72. The Morgan fingerprint density at radius 3 is 1.56 bits per heavy atom. The number of piperazine rings is 1. The van der Waals surface area contributed by atoms with E-state index in [9.17, 15) is 8.42 Å². The Morgan fingerprint density at radius 1 is 0.611 bits per heavy atom. The lowest BCUT2D eigenvalue weighted by Gasteiger charge is -2.41. The largest absolute Gasteiger partial charge is 0.353 e. The van der Waals surface area contributed by atoms with Crippen LogP contribution < -0.4 is 0 Å². The number of nitrogens with zero attached hydrogens (tertiary/aromatic N) is 3. The standard InChI is InChI=1S/C30H29N3O2S/c34-36(35,28-19-11-4-12-20-28)31-30(27-17-9-3-10-18-27)33-23-21-32(22-24-33)29(25-13-5-1-6-14-25)26-15-7-2-8-16-26/h1-20,29H,21-24H2/b31-30+. The molecule has 0 N–H and O–H groups in total. The molecule has 36 heavy (non-hydrogen) atoms. The fraction of sp³-hybridized carbons (Fsp3) is 0.167. The highest BCUT2D eigenvalue weighted by atomic mass is 32.2. The predicted molar refractivity (Wildman–Crippen MR) is 144 cm³/mol. The van der Waals surface area contributed by atoms with Crippen molar-refractivity contribution in [1.29, 1.82) is 0 Å². The minimum Gasteiger partial charge on any atom is -0.353 e. The molecule has 0 aliphatic carbocycles. The monoisotopic (exact) mass is 495 g/mol. The van der Waals surface area contributed by atoms with E-state index in [2.05, 4.69) is 62.7 Å². The minimum atomic E-state index is -3.84. The van der Waals surface area contributed by atoms with Crippen LogP contribution in [0.4, 0.5) is 0 Å². The summed E-state index contributed by atoms with van der Waals surface area (Å²) in [6, 6.07) is 39.2. The number of hydrogen-bond acceptors (Lipinski definition) is 3. The molecule has 182 valence electrons. The second-order valence-electron chi connectivity index (χ2n) is 8.82. The van der Waals surface area contributed by atoms with Gasteiger partial charge in [0.25, 0.3) is 10.0 Å². The zero-order chi connectivity index (χ0) is 24.8. The van der Waals surface area contributed by atoms with Gasteiger partial charge in [0.15, 0.2) is 0 Å². The first kappa shape index (κ1) is 24.0. The summed E-state index contributed by atoms with van der Waals surface area (Å²) in [6.07, 6.45) is 0. The number of rotatable bonds is 6. The summed E-state index contributed by atoms with van der Waals surface area (Å²) in [5.41, 5.74) is 3.30. The van der Waals surface area contributed by atoms with Crippen LogP contribution in [0, 0.1) is 0 Å². The molecule has 0 unspecified atom stereocenters. The minimum absolute atomic E-state index is 0.139. The molecule has 0 bridgehead atoms. The molecule has 1 saturated heterocycles. The summed E-state index contributed by atoms with van der Waals surface area (Å²) in [6.45, 7) is 2.92. The molecule has 0 spiro atoms. The van der Waals surface area contributed by atoms with Crippen molar-refractivity contribution >= 4 is 15.9 Å². The van der Waals surface area contributed by atoms with Crippen LogP contribution in [0.25, 0.3) is 0 Å². The van der Waals surface area contributed by atoms with Crippen LogP contribution in [-0.2, 0) is 10.0 Å². The molecule has 4 aromatic rings. The molecule has 0 aromatic heterocycles. The number of hydrogen-bond donors (Lipinski definition) is 0. The van der Waals surface area contributed by atoms with Crippen molar-refractivity contribution < 1.29 is 8.42 Å². The zero-order valence-electron chi connectivity index (χ0n) is 20.0. The molecule has 0 atom stereocenters. The molecule has 0 saturated carbocycles. The lowest BCUT2D eigenvalue weighted by atomic mass is 9.96. The highest BCUT2D eigenvalue weighted by Crippen LogP contribution is 2.30. The van der Waals surface area contributed by atoms with E-state index in [-0.39, 0.29) is 10.9 Å². The van der Waals surface area contributed by atoms with Crippen LogP contribution in [0.5, 0.6) is 0 Å². The van der Waals surface area contributed by atoms with Gasteiger partial charge in [-0.25, -0.2) is 0 Å². The lowest BCUT2D eigenvalue weighted by Crippen LogP contribution is -2.50. The summed E-state index contributed by atoms with van der Waals surface area (Å²) >= 11 is 0. The van der Waals surface area contributed by atoms with Gasteiger partial charge in [-0.15, -0.1) is 4.40 Å². The van der Waals surface area contributed by atoms with Gasteiger partial charge in [0.1, 0.15) is 5.84 Å². The number of benzene rings is 4. The molecular weight excluding hydrogens is 466 g/mol. The molecule has 0 radical (unpaired) electrons. The summed E-state index contributed by atoms with van der Waals surface area (Å²) in [5.74, 6) is 0.495. The van der Waals surface area contributed by atoms with Gasteiger partial charge < -0.3 is 4.90 Å². The first-order valence-electron chi connectivity index (χ1n) is 12.2. The molecule has 1 fully saturated rings. The highest BCUT2D eigenvalue weighted by molar-refractivity contribution is 7.90. The Kier molecular flexibility index (Phi) is 7.26. The van der Waals surface area contributed by atoms with Crippen molar-refractivity contribution in [3.63, 3.8) is 0 Å². The second kappa shape index (κ2) is 10.9. The van der Waals surface area contributed by atoms with E-state index in [0.29, 0.717) is 18.9 Å². The highest BCUT2D eigenvalue weighted by Gasteiger charge is 2.29. The first-order valence-corrected chi connectivity index (χ1v) is 13.6. The van der Waals surface area contributed by atoms with E-state index in [1.165, 1.54) is 11.1 Å². The van der Waals surface area contributed by atoms with Gasteiger partial charge in [0.05, 0.1) is 10.9 Å². The maximum Gasteiger partial charge on any atom is 0.284 e. The van der Waals surface area contributed by atoms with Crippen molar-refractivity contribution in [2.75, 3.05) is 26.2 Å². The third-order valence-corrected chi connectivity index (χ3v) is 7.77. The summed E-state index contributed by atoms with van der Waals surface area (Å²) in [7, 11) is -3.84. The molecule has 1 heterocycles. The van der Waals surface area contributed by atoms with E-state index in [4.69, 9.17) is 0 Å². The second-order valence-corrected chi connectivity index (χ2v) is 10.4. The van der Waals surface area contributed by atoms with Gasteiger partial charge in [-0.3, -0.25) is 4.90 Å². The van der Waals surface area contributed by atoms with Gasteiger partial charge in [0.2, 0.25) is 0 Å². The van der Waals surface area contributed by atoms with Crippen LogP contribution >= 0.6 is 0 Å². The summed E-state index contributed by atoms with van der Waals surface area (Å²) in [5, 5.41) is 0. The van der Waals surface area contributed by atoms with E-state index in [1.54, 1.807) is 30.3 Å². The molecule has 1 aliphatic heterocycles. The normalized spacial score (nSPS) is 15.2. The fourth-order valence-corrected chi connectivity index (χ4v) is 5.77. The molecule has 6 heteroatoms. The molecule has 4 aromatic carbocycles. The predicted octanol–water partition coefficient (Wildman–Crippen LogP) is 5.23. The van der Waals surface area contributed by atoms with Crippen molar-refractivity contribution in [2.24, 2.45) is 4.40 Å². The third-order valence-electron chi connectivity index (χ3n) is 6.49. The molecule has 1 aliphatic rings. The Balaban J connectivity index is 1.44. The van der Waals surface area contributed by atoms with Gasteiger partial charge in [0, 0.05) is 31.7 Å². The van der Waals surface area contributed by atoms with Gasteiger partial charge in [-0.2, -0.15) is 8.42 Å². The molecular formula is C30H29N3O2S. The molecule has 0 amide bonds. The van der Waals surface area contributed by atoms with Crippen molar-refractivity contribution in [3.05, 3.63) is 138 Å². The first-order chi connectivity index (χ1) is 17.6. The SMILES string of the molecule is O=S(=O)(/N=C(\c1ccccc1)N1CCN(C(c2ccccc2)c2ccccc2)CC1)c1ccccc1. The van der Waals surface area contributed by atoms with Crippen LogP contribution in [0.1, 0.15) is 22.7 Å². The van der Waals surface area contributed by atoms with Crippen LogP contribution in [0.3, 0.4) is 0 Å². The van der Waals surface area contributed by atoms with E-state index >= 15 is 0 Å². The number of amidine groups is 1. The maximum absolute atomic E-state index is 13.2. The lowest BCUT2D eigenvalue weighted by molar-refractivity contribution is 0.150. The van der Waals surface area contributed by atoms with E-state index < -0.39 is 10.0 Å². The van der Waals surface area contributed by atoms with Crippen molar-refractivity contribution in [1.82, 2.24) is 9.80 Å². The molecule has 5 rings (SSSR count). The Labute approximate surface area is 213 Å². The topological polar surface area (TPSA) is 53.0 Å². The van der Waals surface area contributed by atoms with Gasteiger partial charge >= 0.3 is 0 Å². The summed E-state index contributed by atoms with van der Waals surface area (Å²) in [4.78, 5) is 4.76. The van der Waals surface area contributed by atoms with Gasteiger partial charge in [-0.05, 0) is 23.3 Å². The average Bonchev–Trinajstić information content (AvgIpc) is 2.95. The maximum atomic E-state index is 13.2. The Hall–Kier alpha value is -3.74. The van der Waals surface area contributed by atoms with Gasteiger partial charge in [-0.1, -0.05) is 109 Å². The van der Waals surface area contributed by atoms with E-state index in [1.807, 2.05) is 42.5 Å². The average molecular weight is 496 g/mol. The van der Waals surface area contributed by atoms with Crippen molar-refractivity contribution in [2.45, 2.75) is 10.9 Å². The van der Waals surface area contributed by atoms with Crippen LogP contribution in [-0.4, -0.2) is 50.2 Å². The van der Waals surface area contributed by atoms with Crippen LogP contribution in [0.2, 0.25) is 0 Å². The quantitative estimate of drug-likeness (QED) is 0.272. The Bertz CT molecular complexity index is 1350. The van der Waals surface area contributed by atoms with E-state index in [0.717, 1.165) is 18.7 Å². The van der Waals surface area contributed by atoms with Crippen molar-refractivity contribution in [3.8, 4) is 0 Å². The molecule has 5 nitrogen and oxygen atoms in total. The Morgan fingerprint density at radius 2 is 1.06 bits per heavy atom. The zero-order valence-corrected chi connectivity index (χ0v) is 20.8. The van der Waals surface area contributed by atoms with Crippen LogP contribution in [0.15, 0.2) is 131 Å². The summed E-state index contributed by atoms with van der Waals surface area (Å²) < 4.78 is 30.7.